The monoisotopic (exact) mass is 493 g/mol. The molecule has 1 aromatic rings. The van der Waals surface area contributed by atoms with Crippen LogP contribution in [-0.2, 0) is 21.4 Å². The van der Waals surface area contributed by atoms with Crippen molar-refractivity contribution in [2.24, 2.45) is 22.0 Å². The van der Waals surface area contributed by atoms with Crippen molar-refractivity contribution >= 4 is 37.4 Å². The van der Waals surface area contributed by atoms with Crippen LogP contribution >= 0.6 is 15.9 Å². The third-order valence-electron chi connectivity index (χ3n) is 5.81. The molecule has 3 atom stereocenters. The lowest BCUT2D eigenvalue weighted by Crippen LogP contribution is -2.33. The molecule has 0 saturated carbocycles. The van der Waals surface area contributed by atoms with Crippen molar-refractivity contribution in [3.8, 4) is 6.07 Å². The summed E-state index contributed by atoms with van der Waals surface area (Å²) < 4.78 is 24.7. The first kappa shape index (κ1) is 22.8. The van der Waals surface area contributed by atoms with Crippen LogP contribution in [-0.4, -0.2) is 25.0 Å². The normalized spacial score (nSPS) is 24.3. The number of Topliss-reactive ketones (excluding diaryl/α,β-unsaturated/α-hetero) is 1. The molecule has 0 aromatic heterocycles. The number of ketones is 1. The molecule has 0 radical (unpaired) electrons. The van der Waals surface area contributed by atoms with Crippen LogP contribution in [0.1, 0.15) is 56.6 Å². The van der Waals surface area contributed by atoms with Crippen LogP contribution < -0.4 is 5.14 Å². The van der Waals surface area contributed by atoms with Crippen LogP contribution in [0.2, 0.25) is 0 Å². The average Bonchev–Trinajstić information content (AvgIpc) is 2.65. The third kappa shape index (κ3) is 4.14. The number of halogens is 1. The van der Waals surface area contributed by atoms with Crippen LogP contribution in [0.15, 0.2) is 37.8 Å². The smallest absolute Gasteiger partial charge is 0.238 e. The van der Waals surface area contributed by atoms with Gasteiger partial charge in [0.2, 0.25) is 10.0 Å². The van der Waals surface area contributed by atoms with Crippen molar-refractivity contribution in [1.29, 1.82) is 5.26 Å². The van der Waals surface area contributed by atoms with Gasteiger partial charge in [0.25, 0.3) is 0 Å². The number of aliphatic imine (C=N–C) groups is 1. The number of allylic oxidation sites excluding steroid dienone is 2. The molecule has 0 amide bonds. The molecule has 1 aliphatic carbocycles. The van der Waals surface area contributed by atoms with E-state index in [4.69, 9.17) is 5.14 Å². The van der Waals surface area contributed by atoms with Crippen LogP contribution in [0.4, 0.5) is 0 Å². The zero-order valence-electron chi connectivity index (χ0n) is 16.9. The molecule has 0 spiro atoms. The van der Waals surface area contributed by atoms with E-state index in [2.05, 4.69) is 33.9 Å². The van der Waals surface area contributed by atoms with E-state index in [0.717, 1.165) is 12.8 Å². The lowest BCUT2D eigenvalue weighted by Gasteiger charge is -2.35. The van der Waals surface area contributed by atoms with E-state index in [-0.39, 0.29) is 22.2 Å². The van der Waals surface area contributed by atoms with Crippen LogP contribution in [0.25, 0.3) is 0 Å². The van der Waals surface area contributed by atoms with E-state index in [9.17, 15) is 23.6 Å². The summed E-state index contributed by atoms with van der Waals surface area (Å²) >= 11 is 3.31. The summed E-state index contributed by atoms with van der Waals surface area (Å²) in [7, 11) is -4.13. The Hall–Kier alpha value is -1.86. The summed E-state index contributed by atoms with van der Waals surface area (Å²) in [5.41, 5.74) is 2.41. The van der Waals surface area contributed by atoms with Crippen molar-refractivity contribution in [2.45, 2.75) is 57.0 Å². The first-order valence-electron chi connectivity index (χ1n) is 9.79. The number of rotatable bonds is 5. The molecule has 0 bridgehead atoms. The summed E-state index contributed by atoms with van der Waals surface area (Å²) in [4.78, 5) is 17.5. The van der Waals surface area contributed by atoms with Crippen molar-refractivity contribution in [3.05, 3.63) is 39.0 Å². The Bertz CT molecular complexity index is 1100. The third-order valence-corrected chi connectivity index (χ3v) is 7.49. The second-order valence-corrected chi connectivity index (χ2v) is 10.3. The van der Waals surface area contributed by atoms with Gasteiger partial charge in [-0.05, 0) is 43.4 Å². The van der Waals surface area contributed by atoms with Crippen molar-refractivity contribution in [3.63, 3.8) is 0 Å². The summed E-state index contributed by atoms with van der Waals surface area (Å²) in [5.74, 6) is -1.16. The van der Waals surface area contributed by atoms with E-state index in [1.807, 2.05) is 0 Å². The van der Waals surface area contributed by atoms with Crippen molar-refractivity contribution in [2.75, 3.05) is 0 Å². The predicted octanol–water partition coefficient (Wildman–Crippen LogP) is 3.32. The van der Waals surface area contributed by atoms with Crippen LogP contribution in [0.5, 0.6) is 0 Å². The minimum absolute atomic E-state index is 0.0456. The minimum Gasteiger partial charge on any atom is -0.392 e. The molecular formula is C21H24BrN3O4S. The molecule has 3 rings (SSSR count). The summed E-state index contributed by atoms with van der Waals surface area (Å²) in [6.45, 7) is 3.31. The molecule has 160 valence electrons. The van der Waals surface area contributed by atoms with Crippen LogP contribution in [0.3, 0.4) is 0 Å². The number of nitrogens with zero attached hydrogens (tertiary/aromatic N) is 2. The van der Waals surface area contributed by atoms with E-state index >= 15 is 0 Å². The van der Waals surface area contributed by atoms with Gasteiger partial charge in [-0.25, -0.2) is 13.6 Å². The maximum absolute atomic E-state index is 13.1. The number of carbonyl (C=O) groups is 1. The SMILES string of the molecule is CCCC1CC(=O)C2=C(C1)N=C(C)C(C#N)C2c1cc(Br)c(CO)c(S(N)(=O)=O)c1. The Morgan fingerprint density at radius 2 is 2.07 bits per heavy atom. The van der Waals surface area contributed by atoms with Gasteiger partial charge in [-0.15, -0.1) is 0 Å². The largest absolute Gasteiger partial charge is 0.392 e. The Labute approximate surface area is 184 Å². The molecule has 9 heteroatoms. The molecular weight excluding hydrogens is 470 g/mol. The van der Waals surface area contributed by atoms with E-state index in [1.165, 1.54) is 6.07 Å². The molecule has 30 heavy (non-hydrogen) atoms. The number of aliphatic hydroxyl groups is 1. The number of nitrogens with two attached hydrogens (primary N) is 1. The lowest BCUT2D eigenvalue weighted by atomic mass is 9.70. The highest BCUT2D eigenvalue weighted by atomic mass is 79.9. The molecule has 1 aromatic carbocycles. The topological polar surface area (TPSA) is 134 Å². The number of primary sulfonamides is 1. The number of benzene rings is 1. The molecule has 0 fully saturated rings. The van der Waals surface area contributed by atoms with E-state index < -0.39 is 28.5 Å². The van der Waals surface area contributed by atoms with Crippen molar-refractivity contribution in [1.82, 2.24) is 0 Å². The number of aliphatic hydroxyl groups excluding tert-OH is 1. The first-order chi connectivity index (χ1) is 14.1. The highest BCUT2D eigenvalue weighted by molar-refractivity contribution is 9.10. The van der Waals surface area contributed by atoms with E-state index in [0.29, 0.717) is 39.9 Å². The Morgan fingerprint density at radius 1 is 1.37 bits per heavy atom. The van der Waals surface area contributed by atoms with Crippen LogP contribution in [0, 0.1) is 23.2 Å². The van der Waals surface area contributed by atoms with Crippen molar-refractivity contribution < 1.29 is 18.3 Å². The predicted molar refractivity (Wildman–Crippen MR) is 116 cm³/mol. The fraction of sp³-hybridized carbons (Fsp3) is 0.476. The molecule has 7 nitrogen and oxygen atoms in total. The summed E-state index contributed by atoms with van der Waals surface area (Å²) in [6.07, 6.45) is 2.96. The van der Waals surface area contributed by atoms with Gasteiger partial charge >= 0.3 is 0 Å². The molecule has 1 heterocycles. The zero-order chi connectivity index (χ0) is 22.2. The van der Waals surface area contributed by atoms with Gasteiger partial charge in [0.15, 0.2) is 5.78 Å². The van der Waals surface area contributed by atoms with Gasteiger partial charge in [-0.1, -0.05) is 29.3 Å². The standard InChI is InChI=1S/C21H24BrN3O4S/c1-3-4-12-5-17-21(18(27)6-12)20(14(9-23)11(2)25-17)13-7-16(22)15(10-26)19(8-13)30(24,28)29/h7-8,12,14,20,26H,3-6,10H2,1-2H3,(H2,24,28,29). The maximum Gasteiger partial charge on any atom is 0.238 e. The van der Waals surface area contributed by atoms with Gasteiger partial charge in [-0.3, -0.25) is 9.79 Å². The number of carbonyl (C=O) groups excluding carboxylic acids is 1. The average molecular weight is 494 g/mol. The molecule has 3 unspecified atom stereocenters. The van der Waals surface area contributed by atoms with Gasteiger partial charge in [0.1, 0.15) is 0 Å². The Morgan fingerprint density at radius 3 is 2.63 bits per heavy atom. The quantitative estimate of drug-likeness (QED) is 0.648. The van der Waals surface area contributed by atoms with Gasteiger partial charge in [0, 0.05) is 39.4 Å². The Balaban J connectivity index is 2.23. The first-order valence-corrected chi connectivity index (χ1v) is 12.1. The minimum atomic E-state index is -4.13. The number of hydrogen-bond acceptors (Lipinski definition) is 6. The summed E-state index contributed by atoms with van der Waals surface area (Å²) in [6, 6.07) is 5.26. The summed E-state index contributed by atoms with van der Waals surface area (Å²) in [5, 5.41) is 24.9. The molecule has 0 saturated heterocycles. The number of sulfonamides is 1. The highest BCUT2D eigenvalue weighted by Crippen LogP contribution is 2.46. The maximum atomic E-state index is 13.1. The number of nitriles is 1. The fourth-order valence-electron chi connectivity index (χ4n) is 4.50. The molecule has 3 N–H and O–H groups in total. The lowest BCUT2D eigenvalue weighted by molar-refractivity contribution is -0.117. The van der Waals surface area contributed by atoms with Gasteiger partial charge in [-0.2, -0.15) is 5.26 Å². The number of hydrogen-bond donors (Lipinski definition) is 2. The fourth-order valence-corrected chi connectivity index (χ4v) is 6.05. The zero-order valence-corrected chi connectivity index (χ0v) is 19.3. The highest BCUT2D eigenvalue weighted by Gasteiger charge is 2.41. The Kier molecular flexibility index (Phi) is 6.63. The van der Waals surface area contributed by atoms with E-state index in [1.54, 1.807) is 13.0 Å². The van der Waals surface area contributed by atoms with Gasteiger partial charge in [0.05, 0.1) is 23.5 Å². The molecule has 2 aliphatic rings. The second-order valence-electron chi connectivity index (χ2n) is 7.87. The van der Waals surface area contributed by atoms with Gasteiger partial charge < -0.3 is 5.11 Å². The second kappa shape index (κ2) is 8.71. The molecule has 1 aliphatic heterocycles.